The quantitative estimate of drug-likeness (QED) is 0.450. The van der Waals surface area contributed by atoms with Gasteiger partial charge in [0.1, 0.15) is 0 Å². The minimum absolute atomic E-state index is 0.469. The summed E-state index contributed by atoms with van der Waals surface area (Å²) in [7, 11) is 1.97. The van der Waals surface area contributed by atoms with Crippen LogP contribution in [0.4, 0.5) is 0 Å². The molecule has 0 aromatic heterocycles. The van der Waals surface area contributed by atoms with E-state index in [2.05, 4.69) is 32.8 Å². The fourth-order valence-corrected chi connectivity index (χ4v) is 0.421. The van der Waals surface area contributed by atoms with Crippen molar-refractivity contribution in [2.24, 2.45) is 5.10 Å². The van der Waals surface area contributed by atoms with Gasteiger partial charge in [0.05, 0.1) is 0 Å². The second-order valence-corrected chi connectivity index (χ2v) is 3.18. The van der Waals surface area contributed by atoms with E-state index in [1.54, 1.807) is 0 Å². The second-order valence-electron chi connectivity index (χ2n) is 3.18. The van der Waals surface area contributed by atoms with Gasteiger partial charge in [-0.15, -0.1) is 0 Å². The normalized spacial score (nSPS) is 10.7. The molecule has 0 fully saturated rings. The van der Waals surface area contributed by atoms with E-state index in [9.17, 15) is 0 Å². The number of hydrogen-bond acceptors (Lipinski definition) is 2. The van der Waals surface area contributed by atoms with Crippen LogP contribution in [-0.4, -0.2) is 24.3 Å². The van der Waals surface area contributed by atoms with E-state index in [0.29, 0.717) is 6.04 Å². The van der Waals surface area contributed by atoms with Crippen molar-refractivity contribution < 1.29 is 0 Å². The van der Waals surface area contributed by atoms with Crippen molar-refractivity contribution in [3.05, 3.63) is 11.6 Å². The van der Waals surface area contributed by atoms with Crippen LogP contribution in [0.5, 0.6) is 0 Å². The molecule has 11 heavy (non-hydrogen) atoms. The molecule has 0 aliphatic heterocycles. The van der Waals surface area contributed by atoms with Crippen LogP contribution in [0.1, 0.15) is 27.7 Å². The van der Waals surface area contributed by atoms with Crippen molar-refractivity contribution >= 4 is 6.21 Å². The third-order valence-corrected chi connectivity index (χ3v) is 1.40. The van der Waals surface area contributed by atoms with Crippen molar-refractivity contribution in [2.45, 2.75) is 33.7 Å². The second kappa shape index (κ2) is 4.94. The van der Waals surface area contributed by atoms with Gasteiger partial charge in [0.25, 0.3) is 0 Å². The first-order valence-corrected chi connectivity index (χ1v) is 3.94. The first-order valence-electron chi connectivity index (χ1n) is 3.94. The molecule has 0 aliphatic rings. The van der Waals surface area contributed by atoms with Crippen molar-refractivity contribution in [3.63, 3.8) is 0 Å². The van der Waals surface area contributed by atoms with Crippen molar-refractivity contribution in [1.82, 2.24) is 5.01 Å². The van der Waals surface area contributed by atoms with Gasteiger partial charge in [0.15, 0.2) is 0 Å². The van der Waals surface area contributed by atoms with Crippen LogP contribution in [0.25, 0.3) is 0 Å². The lowest BCUT2D eigenvalue weighted by molar-refractivity contribution is 0.290. The van der Waals surface area contributed by atoms with Crippen molar-refractivity contribution in [1.29, 1.82) is 0 Å². The average molecular weight is 154 g/mol. The zero-order chi connectivity index (χ0) is 8.85. The summed E-state index contributed by atoms with van der Waals surface area (Å²) in [6.07, 6.45) is 3.83. The average Bonchev–Trinajstić information content (AvgIpc) is 1.86. The molecule has 0 saturated heterocycles. The Morgan fingerprint density at radius 1 is 1.36 bits per heavy atom. The molecule has 0 amide bonds. The van der Waals surface area contributed by atoms with E-state index in [4.69, 9.17) is 0 Å². The molecule has 0 aromatic rings. The summed E-state index contributed by atoms with van der Waals surface area (Å²) in [4.78, 5) is 0. The summed E-state index contributed by atoms with van der Waals surface area (Å²) in [5, 5.41) is 6.13. The Kier molecular flexibility index (Phi) is 4.59. The highest BCUT2D eigenvalue weighted by Gasteiger charge is 1.94. The highest BCUT2D eigenvalue weighted by molar-refractivity contribution is 5.71. The van der Waals surface area contributed by atoms with Gasteiger partial charge in [-0.25, -0.2) is 0 Å². The Balaban J connectivity index is 3.84. The van der Waals surface area contributed by atoms with Crippen molar-refractivity contribution in [3.8, 4) is 0 Å². The predicted molar refractivity (Wildman–Crippen MR) is 50.8 cm³/mol. The lowest BCUT2D eigenvalue weighted by Gasteiger charge is -2.16. The molecular formula is C9H18N2. The molecule has 0 saturated carbocycles. The van der Waals surface area contributed by atoms with E-state index in [-0.39, 0.29) is 0 Å². The number of rotatable bonds is 3. The highest BCUT2D eigenvalue weighted by Crippen LogP contribution is 1.93. The molecule has 0 radical (unpaired) electrons. The number of nitrogens with zero attached hydrogens (tertiary/aromatic N) is 2. The van der Waals surface area contributed by atoms with Crippen LogP contribution in [-0.2, 0) is 0 Å². The smallest absolute Gasteiger partial charge is 0.0469 e. The van der Waals surface area contributed by atoms with Gasteiger partial charge in [-0.2, -0.15) is 5.10 Å². The maximum absolute atomic E-state index is 4.20. The Morgan fingerprint density at radius 2 is 1.91 bits per heavy atom. The molecule has 0 rings (SSSR count). The topological polar surface area (TPSA) is 15.6 Å². The molecule has 0 heterocycles. The molecular weight excluding hydrogens is 136 g/mol. The molecule has 2 heteroatoms. The zero-order valence-electron chi connectivity index (χ0n) is 8.13. The van der Waals surface area contributed by atoms with Crippen molar-refractivity contribution in [2.75, 3.05) is 7.05 Å². The van der Waals surface area contributed by atoms with Crippen LogP contribution < -0.4 is 0 Å². The molecule has 0 aromatic carbocycles. The summed E-state index contributed by atoms with van der Waals surface area (Å²) < 4.78 is 0. The maximum atomic E-state index is 4.20. The minimum Gasteiger partial charge on any atom is -0.298 e. The lowest BCUT2D eigenvalue weighted by Crippen LogP contribution is -2.19. The molecule has 0 bridgehead atoms. The summed E-state index contributed by atoms with van der Waals surface area (Å²) >= 11 is 0. The SMILES string of the molecule is CC(C)=C/C=N/N(C)C(C)C. The number of hydrazone groups is 1. The minimum atomic E-state index is 0.469. The molecule has 2 nitrogen and oxygen atoms in total. The van der Waals surface area contributed by atoms with Gasteiger partial charge in [-0.1, -0.05) is 5.57 Å². The zero-order valence-corrected chi connectivity index (χ0v) is 8.13. The number of allylic oxidation sites excluding steroid dienone is 2. The first-order chi connectivity index (χ1) is 5.04. The lowest BCUT2D eigenvalue weighted by atomic mass is 10.3. The summed E-state index contributed by atoms with van der Waals surface area (Å²) in [5.41, 5.74) is 1.27. The van der Waals surface area contributed by atoms with Gasteiger partial charge < -0.3 is 0 Å². The Labute approximate surface area is 69.6 Å². The summed E-state index contributed by atoms with van der Waals surface area (Å²) in [5.74, 6) is 0. The number of hydrogen-bond donors (Lipinski definition) is 0. The maximum Gasteiger partial charge on any atom is 0.0469 e. The van der Waals surface area contributed by atoms with Crippen LogP contribution in [0.2, 0.25) is 0 Å². The van der Waals surface area contributed by atoms with Gasteiger partial charge in [0.2, 0.25) is 0 Å². The highest BCUT2D eigenvalue weighted by atomic mass is 15.4. The summed E-state index contributed by atoms with van der Waals surface area (Å²) in [6.45, 7) is 8.34. The fourth-order valence-electron chi connectivity index (χ4n) is 0.421. The third-order valence-electron chi connectivity index (χ3n) is 1.40. The summed E-state index contributed by atoms with van der Waals surface area (Å²) in [6, 6.07) is 0.469. The fraction of sp³-hybridized carbons (Fsp3) is 0.667. The Morgan fingerprint density at radius 3 is 2.27 bits per heavy atom. The first kappa shape index (κ1) is 10.2. The molecule has 0 unspecified atom stereocenters. The molecule has 0 aliphatic carbocycles. The van der Waals surface area contributed by atoms with Gasteiger partial charge >= 0.3 is 0 Å². The van der Waals surface area contributed by atoms with E-state index in [1.165, 1.54) is 5.57 Å². The monoisotopic (exact) mass is 154 g/mol. The predicted octanol–water partition coefficient (Wildman–Crippen LogP) is 2.28. The molecule has 0 N–H and O–H groups in total. The van der Waals surface area contributed by atoms with Gasteiger partial charge in [-0.05, 0) is 33.8 Å². The molecule has 0 atom stereocenters. The standard InChI is InChI=1S/C9H18N2/c1-8(2)6-7-10-11(5)9(3)4/h6-7,9H,1-5H3/b10-7+. The Bertz CT molecular complexity index is 153. The third kappa shape index (κ3) is 5.64. The molecule has 0 spiro atoms. The largest absolute Gasteiger partial charge is 0.298 e. The van der Waals surface area contributed by atoms with Gasteiger partial charge in [0, 0.05) is 19.3 Å². The van der Waals surface area contributed by atoms with E-state index in [0.717, 1.165) is 0 Å². The van der Waals surface area contributed by atoms with Crippen LogP contribution in [0.3, 0.4) is 0 Å². The van der Waals surface area contributed by atoms with Gasteiger partial charge in [-0.3, -0.25) is 5.01 Å². The van der Waals surface area contributed by atoms with E-state index >= 15 is 0 Å². The van der Waals surface area contributed by atoms with E-state index < -0.39 is 0 Å². The van der Waals surface area contributed by atoms with E-state index in [1.807, 2.05) is 24.3 Å². The van der Waals surface area contributed by atoms with Crippen LogP contribution in [0, 0.1) is 0 Å². The van der Waals surface area contributed by atoms with Crippen LogP contribution in [0.15, 0.2) is 16.8 Å². The Hall–Kier alpha value is -0.790. The van der Waals surface area contributed by atoms with Crippen LogP contribution >= 0.6 is 0 Å². The molecule has 64 valence electrons.